The number of hydrogen-bond donors (Lipinski definition) is 1. The van der Waals surface area contributed by atoms with Gasteiger partial charge in [-0.05, 0) is 57.4 Å². The third-order valence-corrected chi connectivity index (χ3v) is 10.5. The zero-order valence-electron chi connectivity index (χ0n) is 19.0. The summed E-state index contributed by atoms with van der Waals surface area (Å²) < 4.78 is 23.3. The summed E-state index contributed by atoms with van der Waals surface area (Å²) >= 11 is 0. The van der Waals surface area contributed by atoms with Gasteiger partial charge in [-0.15, -0.1) is 0 Å². The van der Waals surface area contributed by atoms with Crippen LogP contribution in [0.15, 0.2) is 30.3 Å². The van der Waals surface area contributed by atoms with E-state index < -0.39 is 19.3 Å². The molecule has 0 bridgehead atoms. The summed E-state index contributed by atoms with van der Waals surface area (Å²) in [6.45, 7) is 13.4. The molecule has 2 fully saturated rings. The van der Waals surface area contributed by atoms with Gasteiger partial charge in [0.1, 0.15) is 0 Å². The first kappa shape index (κ1) is 23.0. The number of fused-ring (bicyclic) bond motifs is 1. The third-order valence-electron chi connectivity index (χ3n) is 7.21. The number of hydrogen-bond acceptors (Lipinski definition) is 3. The van der Waals surface area contributed by atoms with Crippen molar-refractivity contribution in [1.82, 2.24) is 4.67 Å². The van der Waals surface area contributed by atoms with E-state index in [0.717, 1.165) is 18.4 Å². The first-order valence-corrected chi connectivity index (χ1v) is 13.0. The van der Waals surface area contributed by atoms with E-state index in [1.165, 1.54) is 6.42 Å². The van der Waals surface area contributed by atoms with Crippen molar-refractivity contribution in [2.24, 2.45) is 17.8 Å². The number of benzene rings is 1. The van der Waals surface area contributed by atoms with Crippen molar-refractivity contribution in [2.45, 2.75) is 97.2 Å². The largest absolute Gasteiger partial charge is 0.392 e. The number of aliphatic hydroxyl groups excluding tert-OH is 1. The van der Waals surface area contributed by atoms with Gasteiger partial charge in [0, 0.05) is 18.0 Å². The van der Waals surface area contributed by atoms with Crippen LogP contribution in [-0.2, 0) is 15.6 Å². The summed E-state index contributed by atoms with van der Waals surface area (Å²) in [6.07, 6.45) is 3.28. The van der Waals surface area contributed by atoms with Crippen LogP contribution in [0.4, 0.5) is 0 Å². The Hall–Kier alpha value is -0.670. The summed E-state index contributed by atoms with van der Waals surface area (Å²) in [5, 5.41) is 10.9. The Bertz CT molecular complexity index is 720. The van der Waals surface area contributed by atoms with Crippen molar-refractivity contribution < 1.29 is 14.2 Å². The maximum absolute atomic E-state index is 14.6. The molecule has 1 aromatic rings. The average molecular weight is 422 g/mol. The molecule has 1 aliphatic heterocycles. The summed E-state index contributed by atoms with van der Waals surface area (Å²) in [5.74, 6) is 1.30. The van der Waals surface area contributed by atoms with E-state index in [-0.39, 0.29) is 11.6 Å². The van der Waals surface area contributed by atoms with Crippen LogP contribution >= 0.6 is 7.52 Å². The second kappa shape index (κ2) is 8.83. The molecular formula is C24H40NO3P. The van der Waals surface area contributed by atoms with Crippen molar-refractivity contribution in [3.8, 4) is 0 Å². The van der Waals surface area contributed by atoms with Gasteiger partial charge in [0.05, 0.1) is 17.9 Å². The van der Waals surface area contributed by atoms with E-state index in [9.17, 15) is 9.67 Å². The lowest BCUT2D eigenvalue weighted by atomic mass is 9.71. The second-order valence-electron chi connectivity index (χ2n) is 10.4. The first-order valence-electron chi connectivity index (χ1n) is 11.3. The number of rotatable bonds is 6. The van der Waals surface area contributed by atoms with E-state index in [1.807, 2.05) is 25.1 Å². The van der Waals surface area contributed by atoms with Crippen molar-refractivity contribution in [3.63, 3.8) is 0 Å². The van der Waals surface area contributed by atoms with E-state index in [1.54, 1.807) is 0 Å². The lowest BCUT2D eigenvalue weighted by molar-refractivity contribution is -0.0549. The average Bonchev–Trinajstić information content (AvgIpc) is 2.64. The highest BCUT2D eigenvalue weighted by atomic mass is 31.2. The fourth-order valence-electron chi connectivity index (χ4n) is 5.33. The van der Waals surface area contributed by atoms with Crippen LogP contribution in [-0.4, -0.2) is 33.2 Å². The zero-order valence-corrected chi connectivity index (χ0v) is 19.9. The summed E-state index contributed by atoms with van der Waals surface area (Å²) in [7, 11) is -3.25. The molecule has 1 aliphatic carbocycles. The van der Waals surface area contributed by atoms with Gasteiger partial charge >= 0.3 is 0 Å². The minimum absolute atomic E-state index is 0.0142. The third kappa shape index (κ3) is 4.66. The molecule has 6 atom stereocenters. The monoisotopic (exact) mass is 421 g/mol. The van der Waals surface area contributed by atoms with Crippen molar-refractivity contribution in [2.75, 3.05) is 0 Å². The SMILES string of the molecule is CC(C)C[C@@H](O)[C@H](C)[P@]1(=O)O[C@@H]2C[C@H](C)CC[C@H]2C(C)(C)N1Cc1ccccc1. The van der Waals surface area contributed by atoms with Crippen LogP contribution in [0, 0.1) is 17.8 Å². The Labute approximate surface area is 177 Å². The van der Waals surface area contributed by atoms with Crippen molar-refractivity contribution in [3.05, 3.63) is 35.9 Å². The Morgan fingerprint density at radius 1 is 1.21 bits per heavy atom. The summed E-state index contributed by atoms with van der Waals surface area (Å²) in [6, 6.07) is 10.2. The number of nitrogens with zero attached hydrogens (tertiary/aromatic N) is 1. The molecule has 1 N–H and O–H groups in total. The molecule has 164 valence electrons. The van der Waals surface area contributed by atoms with Gasteiger partial charge in [-0.2, -0.15) is 0 Å². The molecular weight excluding hydrogens is 381 g/mol. The first-order chi connectivity index (χ1) is 13.6. The second-order valence-corrected chi connectivity index (χ2v) is 13.0. The smallest absolute Gasteiger partial charge is 0.278 e. The lowest BCUT2D eigenvalue weighted by Crippen LogP contribution is -2.59. The van der Waals surface area contributed by atoms with Gasteiger partial charge < -0.3 is 9.63 Å². The molecule has 1 saturated carbocycles. The van der Waals surface area contributed by atoms with Gasteiger partial charge in [-0.1, -0.05) is 57.5 Å². The van der Waals surface area contributed by atoms with Crippen molar-refractivity contribution in [1.29, 1.82) is 0 Å². The molecule has 1 aromatic carbocycles. The van der Waals surface area contributed by atoms with Gasteiger partial charge in [0.2, 0.25) is 0 Å². The minimum Gasteiger partial charge on any atom is -0.392 e. The standard InChI is InChI=1S/C24H40NO3P/c1-17(2)14-22(26)19(4)29(27)25(16-20-10-8-7-9-11-20)24(5,6)21-13-12-18(3)15-23(21)28-29/h7-11,17-19,21-23,26H,12-16H2,1-6H3/t18-,19+,21-,22-,23-,29+/m1/s1. The molecule has 0 unspecified atom stereocenters. The van der Waals surface area contributed by atoms with Gasteiger partial charge in [0.15, 0.2) is 0 Å². The molecule has 2 aliphatic rings. The Morgan fingerprint density at radius 2 is 1.86 bits per heavy atom. The maximum Gasteiger partial charge on any atom is 0.278 e. The molecule has 0 spiro atoms. The van der Waals surface area contributed by atoms with Crippen LogP contribution in [0.2, 0.25) is 0 Å². The Morgan fingerprint density at radius 3 is 2.48 bits per heavy atom. The maximum atomic E-state index is 14.6. The highest BCUT2D eigenvalue weighted by Gasteiger charge is 2.58. The van der Waals surface area contributed by atoms with E-state index in [4.69, 9.17) is 4.52 Å². The van der Waals surface area contributed by atoms with Crippen LogP contribution < -0.4 is 0 Å². The molecule has 3 rings (SSSR count). The zero-order chi connectivity index (χ0) is 21.4. The highest BCUT2D eigenvalue weighted by Crippen LogP contribution is 2.67. The van der Waals surface area contributed by atoms with Crippen LogP contribution in [0.3, 0.4) is 0 Å². The predicted molar refractivity (Wildman–Crippen MR) is 120 cm³/mol. The fraction of sp³-hybridized carbons (Fsp3) is 0.750. The topological polar surface area (TPSA) is 49.8 Å². The summed E-state index contributed by atoms with van der Waals surface area (Å²) in [5.41, 5.74) is 0.476. The molecule has 1 saturated heterocycles. The minimum atomic E-state index is -3.25. The molecule has 5 heteroatoms. The summed E-state index contributed by atoms with van der Waals surface area (Å²) in [4.78, 5) is 0. The van der Waals surface area contributed by atoms with Gasteiger partial charge in [-0.3, -0.25) is 4.57 Å². The molecule has 1 heterocycles. The fourth-order valence-corrected chi connectivity index (χ4v) is 8.48. The Kier molecular flexibility index (Phi) is 7.00. The van der Waals surface area contributed by atoms with E-state index in [0.29, 0.717) is 30.7 Å². The van der Waals surface area contributed by atoms with Crippen molar-refractivity contribution >= 4 is 7.52 Å². The number of aliphatic hydroxyl groups is 1. The van der Waals surface area contributed by atoms with Crippen LogP contribution in [0.1, 0.15) is 72.8 Å². The molecule has 0 radical (unpaired) electrons. The molecule has 0 aromatic heterocycles. The molecule has 0 amide bonds. The van der Waals surface area contributed by atoms with Gasteiger partial charge in [-0.25, -0.2) is 4.67 Å². The lowest BCUT2D eigenvalue weighted by Gasteiger charge is -2.58. The van der Waals surface area contributed by atoms with E-state index >= 15 is 0 Å². The predicted octanol–water partition coefficient (Wildman–Crippen LogP) is 6.09. The van der Waals surface area contributed by atoms with Crippen LogP contribution in [0.25, 0.3) is 0 Å². The van der Waals surface area contributed by atoms with Gasteiger partial charge in [0.25, 0.3) is 7.52 Å². The Balaban J connectivity index is 1.99. The quantitative estimate of drug-likeness (QED) is 0.565. The van der Waals surface area contributed by atoms with Crippen LogP contribution in [0.5, 0.6) is 0 Å². The molecule has 29 heavy (non-hydrogen) atoms. The molecule has 4 nitrogen and oxygen atoms in total. The van der Waals surface area contributed by atoms with E-state index in [2.05, 4.69) is 51.4 Å². The highest BCUT2D eigenvalue weighted by molar-refractivity contribution is 7.57. The normalized spacial score (nSPS) is 34.6.